The number of pyridine rings is 1. The minimum atomic E-state index is -4.40. The molecule has 1 aromatic heterocycles. The first-order valence-electron chi connectivity index (χ1n) is 7.07. The summed E-state index contributed by atoms with van der Waals surface area (Å²) in [6.07, 6.45) is -4.27. The monoisotopic (exact) mass is 303 g/mol. The number of nitrogens with one attached hydrogen (secondary N) is 1. The lowest BCUT2D eigenvalue weighted by atomic mass is 9.97. The second-order valence-electron chi connectivity index (χ2n) is 5.41. The maximum absolute atomic E-state index is 13.0. The number of halogens is 3. The van der Waals surface area contributed by atoms with Crippen molar-refractivity contribution in [3.05, 3.63) is 17.7 Å². The molecular weight excluding hydrogens is 283 g/mol. The van der Waals surface area contributed by atoms with E-state index in [2.05, 4.69) is 10.3 Å². The fourth-order valence-electron chi connectivity index (χ4n) is 2.45. The molecule has 1 fully saturated rings. The van der Waals surface area contributed by atoms with E-state index in [0.717, 1.165) is 12.1 Å². The zero-order valence-electron chi connectivity index (χ0n) is 12.1. The van der Waals surface area contributed by atoms with Crippen molar-refractivity contribution < 1.29 is 18.3 Å². The highest BCUT2D eigenvalue weighted by atomic mass is 19.4. The van der Waals surface area contributed by atoms with Crippen LogP contribution in [0.25, 0.3) is 0 Å². The largest absolute Gasteiger partial charge is 0.416 e. The summed E-state index contributed by atoms with van der Waals surface area (Å²) in [5, 5.41) is 12.6. The second kappa shape index (κ2) is 6.09. The maximum atomic E-state index is 13.0. The van der Waals surface area contributed by atoms with Gasteiger partial charge in [0.2, 0.25) is 0 Å². The van der Waals surface area contributed by atoms with Crippen LogP contribution in [0.2, 0.25) is 0 Å². The van der Waals surface area contributed by atoms with Gasteiger partial charge in [-0.15, -0.1) is 0 Å². The van der Waals surface area contributed by atoms with E-state index in [0.29, 0.717) is 31.9 Å². The van der Waals surface area contributed by atoms with Crippen molar-refractivity contribution in [1.82, 2.24) is 4.98 Å². The molecule has 2 atom stereocenters. The van der Waals surface area contributed by atoms with Gasteiger partial charge in [0.15, 0.2) is 0 Å². The number of aliphatic hydroxyl groups is 1. The molecule has 4 nitrogen and oxygen atoms in total. The van der Waals surface area contributed by atoms with E-state index in [1.807, 2.05) is 6.92 Å². The Labute approximate surface area is 122 Å². The van der Waals surface area contributed by atoms with Gasteiger partial charge in [-0.3, -0.25) is 0 Å². The van der Waals surface area contributed by atoms with E-state index in [1.165, 1.54) is 0 Å². The lowest BCUT2D eigenvalue weighted by Gasteiger charge is -2.35. The molecule has 7 heteroatoms. The van der Waals surface area contributed by atoms with Crippen LogP contribution in [-0.4, -0.2) is 35.8 Å². The first kappa shape index (κ1) is 15.9. The molecule has 21 heavy (non-hydrogen) atoms. The van der Waals surface area contributed by atoms with Gasteiger partial charge >= 0.3 is 6.18 Å². The predicted octanol–water partition coefficient (Wildman–Crippen LogP) is 2.74. The van der Waals surface area contributed by atoms with Crippen molar-refractivity contribution in [2.45, 2.75) is 32.5 Å². The average molecular weight is 303 g/mol. The van der Waals surface area contributed by atoms with Crippen LogP contribution >= 0.6 is 0 Å². The third-order valence-electron chi connectivity index (χ3n) is 3.68. The minimum absolute atomic E-state index is 0.0117. The zero-order valence-corrected chi connectivity index (χ0v) is 12.1. The number of rotatable bonds is 3. The Kier molecular flexibility index (Phi) is 4.61. The Morgan fingerprint density at radius 2 is 2.14 bits per heavy atom. The van der Waals surface area contributed by atoms with Gasteiger partial charge in [0.25, 0.3) is 0 Å². The number of alkyl halides is 3. The number of piperidine rings is 1. The molecule has 2 rings (SSSR count). The zero-order chi connectivity index (χ0) is 15.6. The Bertz CT molecular complexity index is 493. The highest BCUT2D eigenvalue weighted by Crippen LogP contribution is 2.33. The molecule has 0 bridgehead atoms. The molecule has 1 aliphatic heterocycles. The standard InChI is InChI=1S/C14H20F3N3O/c1-3-18-12-6-10(14(15,16)17)7-13(19-12)20-5-4-11(21)9(2)8-20/h6-7,9,11,21H,3-5,8H2,1-2H3,(H,18,19). The van der Waals surface area contributed by atoms with Gasteiger partial charge in [-0.25, -0.2) is 4.98 Å². The molecule has 1 saturated heterocycles. The smallest absolute Gasteiger partial charge is 0.393 e. The van der Waals surface area contributed by atoms with Crippen molar-refractivity contribution >= 4 is 11.6 Å². The third-order valence-corrected chi connectivity index (χ3v) is 3.68. The van der Waals surface area contributed by atoms with Crippen LogP contribution in [0.5, 0.6) is 0 Å². The van der Waals surface area contributed by atoms with E-state index in [9.17, 15) is 18.3 Å². The molecular formula is C14H20F3N3O. The molecule has 118 valence electrons. The Balaban J connectivity index is 2.31. The summed E-state index contributed by atoms with van der Waals surface area (Å²) < 4.78 is 38.9. The van der Waals surface area contributed by atoms with Crippen LogP contribution in [0.3, 0.4) is 0 Å². The van der Waals surface area contributed by atoms with Crippen molar-refractivity contribution in [2.75, 3.05) is 29.9 Å². The number of hydrogen-bond donors (Lipinski definition) is 2. The summed E-state index contributed by atoms with van der Waals surface area (Å²) in [7, 11) is 0. The van der Waals surface area contributed by atoms with Gasteiger partial charge < -0.3 is 15.3 Å². The van der Waals surface area contributed by atoms with Crippen molar-refractivity contribution in [2.24, 2.45) is 5.92 Å². The van der Waals surface area contributed by atoms with Crippen LogP contribution in [0.15, 0.2) is 12.1 Å². The second-order valence-corrected chi connectivity index (χ2v) is 5.41. The lowest BCUT2D eigenvalue weighted by molar-refractivity contribution is -0.137. The van der Waals surface area contributed by atoms with Gasteiger partial charge in [0.1, 0.15) is 11.6 Å². The van der Waals surface area contributed by atoms with Crippen LogP contribution in [0.4, 0.5) is 24.8 Å². The molecule has 2 N–H and O–H groups in total. The van der Waals surface area contributed by atoms with Crippen LogP contribution in [0, 0.1) is 5.92 Å². The van der Waals surface area contributed by atoms with E-state index < -0.39 is 17.8 Å². The summed E-state index contributed by atoms with van der Waals surface area (Å²) in [6.45, 7) is 5.20. The van der Waals surface area contributed by atoms with Crippen molar-refractivity contribution in [3.8, 4) is 0 Å². The fourth-order valence-corrected chi connectivity index (χ4v) is 2.45. The lowest BCUT2D eigenvalue weighted by Crippen LogP contribution is -2.42. The van der Waals surface area contributed by atoms with Crippen LogP contribution in [0.1, 0.15) is 25.8 Å². The topological polar surface area (TPSA) is 48.4 Å². The summed E-state index contributed by atoms with van der Waals surface area (Å²) >= 11 is 0. The summed E-state index contributed by atoms with van der Waals surface area (Å²) in [5.74, 6) is 0.540. The first-order chi connectivity index (χ1) is 9.81. The van der Waals surface area contributed by atoms with Gasteiger partial charge in [0.05, 0.1) is 11.7 Å². The van der Waals surface area contributed by atoms with E-state index >= 15 is 0 Å². The maximum Gasteiger partial charge on any atom is 0.416 e. The van der Waals surface area contributed by atoms with Crippen molar-refractivity contribution in [1.29, 1.82) is 0 Å². The molecule has 0 saturated carbocycles. The summed E-state index contributed by atoms with van der Waals surface area (Å²) in [4.78, 5) is 6.05. The molecule has 0 aromatic carbocycles. The molecule has 0 radical (unpaired) electrons. The van der Waals surface area contributed by atoms with Crippen LogP contribution in [-0.2, 0) is 6.18 Å². The van der Waals surface area contributed by atoms with E-state index in [-0.39, 0.29) is 11.7 Å². The Hall–Kier alpha value is -1.50. The molecule has 0 amide bonds. The summed E-state index contributed by atoms with van der Waals surface area (Å²) in [5.41, 5.74) is -0.706. The normalized spacial score (nSPS) is 23.2. The van der Waals surface area contributed by atoms with Gasteiger partial charge in [-0.2, -0.15) is 13.2 Å². The van der Waals surface area contributed by atoms with Gasteiger partial charge in [0, 0.05) is 19.6 Å². The molecule has 0 aliphatic carbocycles. The number of anilines is 2. The quantitative estimate of drug-likeness (QED) is 0.901. The molecule has 1 aliphatic rings. The van der Waals surface area contributed by atoms with Crippen LogP contribution < -0.4 is 10.2 Å². The van der Waals surface area contributed by atoms with E-state index in [1.54, 1.807) is 11.8 Å². The SMILES string of the molecule is CCNc1cc(C(F)(F)F)cc(N2CCC(O)C(C)C2)n1. The first-order valence-corrected chi connectivity index (χ1v) is 7.07. The number of nitrogens with zero attached hydrogens (tertiary/aromatic N) is 2. The number of aliphatic hydroxyl groups excluding tert-OH is 1. The molecule has 0 spiro atoms. The van der Waals surface area contributed by atoms with E-state index in [4.69, 9.17) is 0 Å². The highest BCUT2D eigenvalue weighted by molar-refractivity contribution is 5.51. The summed E-state index contributed by atoms with van der Waals surface area (Å²) in [6, 6.07) is 2.10. The number of hydrogen-bond acceptors (Lipinski definition) is 4. The average Bonchev–Trinajstić information content (AvgIpc) is 2.41. The van der Waals surface area contributed by atoms with Gasteiger partial charge in [-0.1, -0.05) is 6.92 Å². The highest BCUT2D eigenvalue weighted by Gasteiger charge is 2.33. The minimum Gasteiger partial charge on any atom is -0.393 e. The molecule has 1 aromatic rings. The third kappa shape index (κ3) is 3.78. The van der Waals surface area contributed by atoms with Gasteiger partial charge in [-0.05, 0) is 31.4 Å². The molecule has 2 heterocycles. The number of aromatic nitrogens is 1. The Morgan fingerprint density at radius 1 is 1.43 bits per heavy atom. The predicted molar refractivity (Wildman–Crippen MR) is 75.4 cm³/mol. The fraction of sp³-hybridized carbons (Fsp3) is 0.643. The Morgan fingerprint density at radius 3 is 2.71 bits per heavy atom. The molecule has 2 unspecified atom stereocenters. The van der Waals surface area contributed by atoms with Crippen molar-refractivity contribution in [3.63, 3.8) is 0 Å².